The summed E-state index contributed by atoms with van der Waals surface area (Å²) in [5.74, 6) is 0. The predicted molar refractivity (Wildman–Crippen MR) is 114 cm³/mol. The number of hydrogen-bond acceptors (Lipinski definition) is 3. The van der Waals surface area contributed by atoms with Gasteiger partial charge < -0.3 is 0 Å². The molecule has 0 amide bonds. The Labute approximate surface area is 162 Å². The molecule has 3 nitrogen and oxygen atoms in total. The van der Waals surface area contributed by atoms with Gasteiger partial charge in [0, 0.05) is 8.07 Å². The first-order valence-electron chi connectivity index (χ1n) is 10.3. The van der Waals surface area contributed by atoms with Gasteiger partial charge in [0.2, 0.25) is 0 Å². The van der Waals surface area contributed by atoms with Crippen LogP contribution in [0.4, 0.5) is 0 Å². The monoisotopic (exact) mass is 398 g/mol. The molecule has 0 saturated carbocycles. The molecule has 1 aromatic rings. The average Bonchev–Trinajstić information content (AvgIpc) is 2.59. The van der Waals surface area contributed by atoms with Crippen LogP contribution >= 0.6 is 0 Å². The van der Waals surface area contributed by atoms with Crippen LogP contribution in [0.2, 0.25) is 25.7 Å². The van der Waals surface area contributed by atoms with Crippen LogP contribution in [0.1, 0.15) is 64.2 Å². The summed E-state index contributed by atoms with van der Waals surface area (Å²) < 4.78 is 29.0. The van der Waals surface area contributed by atoms with E-state index in [1.165, 1.54) is 57.4 Å². The molecule has 26 heavy (non-hydrogen) atoms. The molecule has 1 aromatic carbocycles. The van der Waals surface area contributed by atoms with Crippen LogP contribution < -0.4 is 0 Å². The van der Waals surface area contributed by atoms with Crippen molar-refractivity contribution in [2.75, 3.05) is 6.61 Å². The Balaban J connectivity index is 1.91. The molecule has 0 N–H and O–H groups in total. The van der Waals surface area contributed by atoms with E-state index in [0.717, 1.165) is 12.8 Å². The highest BCUT2D eigenvalue weighted by molar-refractivity contribution is 7.86. The van der Waals surface area contributed by atoms with Crippen molar-refractivity contribution in [3.8, 4) is 0 Å². The van der Waals surface area contributed by atoms with Gasteiger partial charge in [-0.1, -0.05) is 102 Å². The van der Waals surface area contributed by atoms with Gasteiger partial charge in [-0.05, 0) is 18.6 Å². The fourth-order valence-electron chi connectivity index (χ4n) is 3.00. The van der Waals surface area contributed by atoms with E-state index in [0.29, 0.717) is 0 Å². The second-order valence-electron chi connectivity index (χ2n) is 8.44. The van der Waals surface area contributed by atoms with Gasteiger partial charge in [-0.25, -0.2) is 0 Å². The van der Waals surface area contributed by atoms with Crippen molar-refractivity contribution < 1.29 is 12.6 Å². The number of benzene rings is 1. The summed E-state index contributed by atoms with van der Waals surface area (Å²) in [7, 11) is -4.41. The van der Waals surface area contributed by atoms with Crippen molar-refractivity contribution in [3.05, 3.63) is 30.3 Å². The normalized spacial score (nSPS) is 12.4. The Hall–Kier alpha value is -0.653. The first-order chi connectivity index (χ1) is 12.3. The molecule has 0 aliphatic carbocycles. The largest absolute Gasteiger partial charge is 0.296 e. The average molecular weight is 399 g/mol. The van der Waals surface area contributed by atoms with Gasteiger partial charge in [0.15, 0.2) is 0 Å². The van der Waals surface area contributed by atoms with Crippen LogP contribution in [-0.4, -0.2) is 23.1 Å². The van der Waals surface area contributed by atoms with Gasteiger partial charge in [0.1, 0.15) is 0 Å². The molecular weight excluding hydrogens is 360 g/mol. The first kappa shape index (κ1) is 23.4. The molecule has 0 aromatic heterocycles. The highest BCUT2D eigenvalue weighted by Crippen LogP contribution is 2.16. The lowest BCUT2D eigenvalue weighted by Gasteiger charge is -2.14. The van der Waals surface area contributed by atoms with Crippen molar-refractivity contribution in [2.24, 2.45) is 0 Å². The van der Waals surface area contributed by atoms with E-state index in [1.807, 2.05) is 0 Å². The second kappa shape index (κ2) is 12.7. The summed E-state index contributed by atoms with van der Waals surface area (Å²) in [5.41, 5.74) is 0. The van der Waals surface area contributed by atoms with E-state index in [1.54, 1.807) is 30.3 Å². The van der Waals surface area contributed by atoms with Crippen molar-refractivity contribution in [2.45, 2.75) is 94.8 Å². The maximum Gasteiger partial charge on any atom is 0.296 e. The van der Waals surface area contributed by atoms with E-state index in [9.17, 15) is 8.42 Å². The molecular formula is C21H38O3SSi. The molecule has 150 valence electrons. The van der Waals surface area contributed by atoms with Crippen molar-refractivity contribution in [1.82, 2.24) is 0 Å². The Morgan fingerprint density at radius 1 is 0.731 bits per heavy atom. The van der Waals surface area contributed by atoms with Crippen LogP contribution in [0.3, 0.4) is 0 Å². The third-order valence-electron chi connectivity index (χ3n) is 4.59. The summed E-state index contributed by atoms with van der Waals surface area (Å²) in [5, 5.41) is 0. The van der Waals surface area contributed by atoms with Gasteiger partial charge in [-0.3, -0.25) is 4.18 Å². The summed E-state index contributed by atoms with van der Waals surface area (Å²) in [6.07, 6.45) is 12.5. The van der Waals surface area contributed by atoms with Crippen molar-refractivity contribution in [1.29, 1.82) is 0 Å². The minimum absolute atomic E-state index is 0.241. The smallest absolute Gasteiger partial charge is 0.266 e. The Bertz CT molecular complexity index is 565. The van der Waals surface area contributed by atoms with Gasteiger partial charge in [-0.15, -0.1) is 0 Å². The van der Waals surface area contributed by atoms with Crippen molar-refractivity contribution in [3.63, 3.8) is 0 Å². The summed E-state index contributed by atoms with van der Waals surface area (Å²) in [6.45, 7) is 7.65. The van der Waals surface area contributed by atoms with Gasteiger partial charge >= 0.3 is 0 Å². The predicted octanol–water partition coefficient (Wildman–Crippen LogP) is 6.63. The molecule has 0 heterocycles. The topological polar surface area (TPSA) is 43.4 Å². The third-order valence-corrected chi connectivity index (χ3v) is 7.77. The van der Waals surface area contributed by atoms with Crippen molar-refractivity contribution >= 4 is 18.2 Å². The number of unbranched alkanes of at least 4 members (excludes halogenated alkanes) is 9. The van der Waals surface area contributed by atoms with Crippen LogP contribution in [0.25, 0.3) is 0 Å². The summed E-state index contributed by atoms with van der Waals surface area (Å²) in [6, 6.07) is 9.83. The maximum atomic E-state index is 11.9. The third kappa shape index (κ3) is 11.9. The molecule has 0 spiro atoms. The van der Waals surface area contributed by atoms with E-state index in [-0.39, 0.29) is 11.5 Å². The highest BCUT2D eigenvalue weighted by atomic mass is 32.2. The Kier molecular flexibility index (Phi) is 11.4. The minimum Gasteiger partial charge on any atom is -0.266 e. The standard InChI is InChI=1S/C21H38O3SSi/c1-26(2,3)20-16-11-9-7-5-4-6-8-10-15-19-24-25(22,23)21-17-13-12-14-18-21/h12-14,17-18H,4-11,15-16,19-20H2,1-3H3. The molecule has 5 heteroatoms. The van der Waals surface area contributed by atoms with Crippen LogP contribution in [0.5, 0.6) is 0 Å². The highest BCUT2D eigenvalue weighted by Gasteiger charge is 2.13. The van der Waals surface area contributed by atoms with E-state index in [2.05, 4.69) is 19.6 Å². The fourth-order valence-corrected chi connectivity index (χ4v) is 5.27. The zero-order chi connectivity index (χ0) is 19.3. The maximum absolute atomic E-state index is 11.9. The summed E-state index contributed by atoms with van der Waals surface area (Å²) >= 11 is 0. The van der Waals surface area contributed by atoms with Gasteiger partial charge in [-0.2, -0.15) is 8.42 Å². The van der Waals surface area contributed by atoms with E-state index < -0.39 is 18.2 Å². The second-order valence-corrected chi connectivity index (χ2v) is 15.7. The Morgan fingerprint density at radius 2 is 1.19 bits per heavy atom. The lowest BCUT2D eigenvalue weighted by atomic mass is 10.1. The SMILES string of the molecule is C[Si](C)(C)CCCCCCCCCCCCOS(=O)(=O)c1ccccc1. The quantitative estimate of drug-likeness (QED) is 0.189. The molecule has 0 aliphatic heterocycles. The number of rotatable bonds is 15. The molecule has 0 atom stereocenters. The Morgan fingerprint density at radius 3 is 1.69 bits per heavy atom. The van der Waals surface area contributed by atoms with E-state index in [4.69, 9.17) is 4.18 Å². The number of hydrogen-bond donors (Lipinski definition) is 0. The van der Waals surface area contributed by atoms with Crippen LogP contribution in [0, 0.1) is 0 Å². The van der Waals surface area contributed by atoms with Gasteiger partial charge in [0.25, 0.3) is 10.1 Å². The molecule has 0 aliphatic rings. The van der Waals surface area contributed by atoms with Crippen LogP contribution in [0.15, 0.2) is 35.2 Å². The lowest BCUT2D eigenvalue weighted by Crippen LogP contribution is -2.18. The lowest BCUT2D eigenvalue weighted by molar-refractivity contribution is 0.306. The molecule has 1 rings (SSSR count). The molecule has 0 bridgehead atoms. The minimum atomic E-state index is -3.58. The summed E-state index contributed by atoms with van der Waals surface area (Å²) in [4.78, 5) is 0.241. The molecule has 0 unspecified atom stereocenters. The molecule has 0 fully saturated rings. The fraction of sp³-hybridized carbons (Fsp3) is 0.714. The zero-order valence-corrected chi connectivity index (χ0v) is 18.8. The molecule has 0 radical (unpaired) electrons. The zero-order valence-electron chi connectivity index (χ0n) is 17.0. The van der Waals surface area contributed by atoms with Gasteiger partial charge in [0.05, 0.1) is 11.5 Å². The molecule has 0 saturated heterocycles. The van der Waals surface area contributed by atoms with Crippen LogP contribution in [-0.2, 0) is 14.3 Å². The van der Waals surface area contributed by atoms with E-state index >= 15 is 0 Å². The first-order valence-corrected chi connectivity index (χ1v) is 15.4.